The molecule has 0 saturated carbocycles. The van der Waals surface area contributed by atoms with Crippen molar-refractivity contribution in [3.63, 3.8) is 0 Å². The van der Waals surface area contributed by atoms with Crippen molar-refractivity contribution in [2.24, 2.45) is 5.92 Å². The van der Waals surface area contributed by atoms with Crippen LogP contribution in [0.3, 0.4) is 0 Å². The molecule has 0 spiro atoms. The fourth-order valence-corrected chi connectivity index (χ4v) is 2.77. The van der Waals surface area contributed by atoms with E-state index in [1.165, 1.54) is 0 Å². The number of hydrogen-bond acceptors (Lipinski definition) is 3. The summed E-state index contributed by atoms with van der Waals surface area (Å²) in [6, 6.07) is 5.57. The van der Waals surface area contributed by atoms with E-state index >= 15 is 0 Å². The Balaban J connectivity index is 1.87. The number of aliphatic hydroxyl groups excluding tert-OH is 1. The molecule has 0 unspecified atom stereocenters. The standard InChI is InChI=1S/C15H21ClN2O2/c1-11-3-2-4-13(16)15(11)17-14(20)9-18-7-5-12(10-19)6-8-18/h2-4,12,19H,5-10H2,1H3,(H,17,20). The highest BCUT2D eigenvalue weighted by molar-refractivity contribution is 6.33. The lowest BCUT2D eigenvalue weighted by molar-refractivity contribution is -0.117. The first-order valence-electron chi connectivity index (χ1n) is 6.98. The van der Waals surface area contributed by atoms with Crippen LogP contribution in [-0.4, -0.2) is 42.2 Å². The summed E-state index contributed by atoms with van der Waals surface area (Å²) >= 11 is 6.10. The van der Waals surface area contributed by atoms with E-state index in [1.807, 2.05) is 19.1 Å². The molecule has 2 N–H and O–H groups in total. The number of carbonyl (C=O) groups is 1. The van der Waals surface area contributed by atoms with E-state index in [-0.39, 0.29) is 12.5 Å². The molecule has 5 heteroatoms. The number of nitrogens with zero attached hydrogens (tertiary/aromatic N) is 1. The molecule has 1 amide bonds. The van der Waals surface area contributed by atoms with Gasteiger partial charge in [0.05, 0.1) is 17.3 Å². The largest absolute Gasteiger partial charge is 0.396 e. The third-order valence-corrected chi connectivity index (χ3v) is 4.13. The second kappa shape index (κ2) is 7.07. The van der Waals surface area contributed by atoms with Crippen molar-refractivity contribution in [1.29, 1.82) is 0 Å². The zero-order chi connectivity index (χ0) is 14.5. The van der Waals surface area contributed by atoms with E-state index in [4.69, 9.17) is 16.7 Å². The Morgan fingerprint density at radius 3 is 2.75 bits per heavy atom. The zero-order valence-electron chi connectivity index (χ0n) is 11.7. The summed E-state index contributed by atoms with van der Waals surface area (Å²) in [6.45, 7) is 4.27. The smallest absolute Gasteiger partial charge is 0.238 e. The summed E-state index contributed by atoms with van der Waals surface area (Å²) in [4.78, 5) is 14.2. The Labute approximate surface area is 124 Å². The lowest BCUT2D eigenvalue weighted by atomic mass is 9.98. The first-order chi connectivity index (χ1) is 9.60. The molecule has 20 heavy (non-hydrogen) atoms. The normalized spacial score (nSPS) is 17.1. The van der Waals surface area contributed by atoms with Gasteiger partial charge >= 0.3 is 0 Å². The van der Waals surface area contributed by atoms with Gasteiger partial charge in [-0.2, -0.15) is 0 Å². The van der Waals surface area contributed by atoms with Crippen LogP contribution in [0.2, 0.25) is 5.02 Å². The zero-order valence-corrected chi connectivity index (χ0v) is 12.5. The van der Waals surface area contributed by atoms with Gasteiger partial charge < -0.3 is 10.4 Å². The molecule has 0 bridgehead atoms. The SMILES string of the molecule is Cc1cccc(Cl)c1NC(=O)CN1CCC(CO)CC1. The highest BCUT2D eigenvalue weighted by Crippen LogP contribution is 2.25. The maximum Gasteiger partial charge on any atom is 0.238 e. The third kappa shape index (κ3) is 3.95. The molecular formula is C15H21ClN2O2. The van der Waals surface area contributed by atoms with Crippen molar-refractivity contribution in [3.05, 3.63) is 28.8 Å². The lowest BCUT2D eigenvalue weighted by Gasteiger charge is -2.30. The van der Waals surface area contributed by atoms with Crippen LogP contribution in [0, 0.1) is 12.8 Å². The minimum absolute atomic E-state index is 0.0383. The van der Waals surface area contributed by atoms with Gasteiger partial charge in [0.25, 0.3) is 0 Å². The molecule has 0 radical (unpaired) electrons. The van der Waals surface area contributed by atoms with Crippen LogP contribution in [0.5, 0.6) is 0 Å². The number of anilines is 1. The summed E-state index contributed by atoms with van der Waals surface area (Å²) in [5.41, 5.74) is 1.66. The van der Waals surface area contributed by atoms with Gasteiger partial charge in [-0.25, -0.2) is 0 Å². The van der Waals surface area contributed by atoms with E-state index in [2.05, 4.69) is 10.2 Å². The molecule has 1 aliphatic heterocycles. The van der Waals surface area contributed by atoms with Crippen molar-refractivity contribution in [2.45, 2.75) is 19.8 Å². The van der Waals surface area contributed by atoms with Gasteiger partial charge in [-0.3, -0.25) is 9.69 Å². The molecule has 1 aliphatic rings. The predicted octanol–water partition coefficient (Wildman–Crippen LogP) is 2.29. The quantitative estimate of drug-likeness (QED) is 0.896. The fraction of sp³-hybridized carbons (Fsp3) is 0.533. The highest BCUT2D eigenvalue weighted by atomic mass is 35.5. The molecule has 1 saturated heterocycles. The number of piperidine rings is 1. The van der Waals surface area contributed by atoms with E-state index < -0.39 is 0 Å². The van der Waals surface area contributed by atoms with Crippen LogP contribution in [0.15, 0.2) is 18.2 Å². The fourth-order valence-electron chi connectivity index (χ4n) is 2.50. The Bertz CT molecular complexity index is 451. The molecule has 0 aromatic heterocycles. The van der Waals surface area contributed by atoms with Crippen molar-refractivity contribution < 1.29 is 9.90 Å². The molecule has 1 fully saturated rings. The van der Waals surface area contributed by atoms with Crippen LogP contribution in [0.1, 0.15) is 18.4 Å². The van der Waals surface area contributed by atoms with Gasteiger partial charge in [0.15, 0.2) is 0 Å². The second-order valence-electron chi connectivity index (χ2n) is 5.38. The number of halogens is 1. The minimum atomic E-state index is -0.0383. The van der Waals surface area contributed by atoms with Gasteiger partial charge in [0.1, 0.15) is 0 Å². The maximum atomic E-state index is 12.1. The molecule has 110 valence electrons. The molecule has 2 rings (SSSR count). The molecule has 1 aromatic carbocycles. The van der Waals surface area contributed by atoms with Crippen molar-refractivity contribution >= 4 is 23.2 Å². The number of benzene rings is 1. The lowest BCUT2D eigenvalue weighted by Crippen LogP contribution is -2.39. The summed E-state index contributed by atoms with van der Waals surface area (Å²) in [5.74, 6) is 0.351. The molecule has 4 nitrogen and oxygen atoms in total. The van der Waals surface area contributed by atoms with Crippen LogP contribution < -0.4 is 5.32 Å². The number of rotatable bonds is 4. The average molecular weight is 297 g/mol. The molecular weight excluding hydrogens is 276 g/mol. The van der Waals surface area contributed by atoms with E-state index in [9.17, 15) is 4.79 Å². The first kappa shape index (κ1) is 15.3. The van der Waals surface area contributed by atoms with Gasteiger partial charge in [-0.05, 0) is 50.4 Å². The topological polar surface area (TPSA) is 52.6 Å². The number of likely N-dealkylation sites (tertiary alicyclic amines) is 1. The van der Waals surface area contributed by atoms with E-state index in [1.54, 1.807) is 6.07 Å². The number of aliphatic hydroxyl groups is 1. The maximum absolute atomic E-state index is 12.1. The summed E-state index contributed by atoms with van der Waals surface area (Å²) < 4.78 is 0. The van der Waals surface area contributed by atoms with Crippen molar-refractivity contribution in [2.75, 3.05) is 31.6 Å². The molecule has 1 heterocycles. The van der Waals surface area contributed by atoms with Crippen LogP contribution in [0.25, 0.3) is 0 Å². The Morgan fingerprint density at radius 1 is 1.45 bits per heavy atom. The second-order valence-corrected chi connectivity index (χ2v) is 5.79. The average Bonchev–Trinajstić information content (AvgIpc) is 2.44. The van der Waals surface area contributed by atoms with Crippen molar-refractivity contribution in [3.8, 4) is 0 Å². The summed E-state index contributed by atoms with van der Waals surface area (Å²) in [7, 11) is 0. The molecule has 0 aliphatic carbocycles. The number of para-hydroxylation sites is 1. The van der Waals surface area contributed by atoms with E-state index in [0.717, 1.165) is 31.5 Å². The van der Waals surface area contributed by atoms with Gasteiger partial charge in [-0.15, -0.1) is 0 Å². The Kier molecular flexibility index (Phi) is 5.40. The van der Waals surface area contributed by atoms with Crippen LogP contribution in [-0.2, 0) is 4.79 Å². The highest BCUT2D eigenvalue weighted by Gasteiger charge is 2.20. The predicted molar refractivity (Wildman–Crippen MR) is 81.1 cm³/mol. The van der Waals surface area contributed by atoms with E-state index in [0.29, 0.717) is 23.2 Å². The van der Waals surface area contributed by atoms with Gasteiger partial charge in [-0.1, -0.05) is 23.7 Å². The minimum Gasteiger partial charge on any atom is -0.396 e. The number of nitrogens with one attached hydrogen (secondary N) is 1. The number of amides is 1. The van der Waals surface area contributed by atoms with Crippen molar-refractivity contribution in [1.82, 2.24) is 4.90 Å². The third-order valence-electron chi connectivity index (χ3n) is 3.82. The molecule has 0 atom stereocenters. The first-order valence-corrected chi connectivity index (χ1v) is 7.36. The summed E-state index contributed by atoms with van der Waals surface area (Å²) in [5, 5.41) is 12.6. The van der Waals surface area contributed by atoms with Crippen LogP contribution >= 0.6 is 11.6 Å². The molecule has 1 aromatic rings. The number of hydrogen-bond donors (Lipinski definition) is 2. The van der Waals surface area contributed by atoms with Crippen LogP contribution in [0.4, 0.5) is 5.69 Å². The summed E-state index contributed by atoms with van der Waals surface area (Å²) in [6.07, 6.45) is 1.91. The number of aryl methyl sites for hydroxylation is 1. The Morgan fingerprint density at radius 2 is 2.15 bits per heavy atom. The monoisotopic (exact) mass is 296 g/mol. The van der Waals surface area contributed by atoms with Gasteiger partial charge in [0.2, 0.25) is 5.91 Å². The van der Waals surface area contributed by atoms with Gasteiger partial charge in [0, 0.05) is 6.61 Å². The number of carbonyl (C=O) groups excluding carboxylic acids is 1. The Hall–Kier alpha value is -1.10.